The maximum Gasteiger partial charge on any atom is 0.103 e. The van der Waals surface area contributed by atoms with Gasteiger partial charge in [-0.25, -0.2) is 0 Å². The molecule has 1 aliphatic heterocycles. The number of hydrogen-bond donors (Lipinski definition) is 4. The molecular weight excluding hydrogens is 448 g/mol. The van der Waals surface area contributed by atoms with Gasteiger partial charge in [-0.3, -0.25) is 9.99 Å². The number of nitriles is 2. The summed E-state index contributed by atoms with van der Waals surface area (Å²) >= 11 is 0. The van der Waals surface area contributed by atoms with Crippen molar-refractivity contribution >= 4 is 22.3 Å². The van der Waals surface area contributed by atoms with Crippen LogP contribution in [0.3, 0.4) is 0 Å². The summed E-state index contributed by atoms with van der Waals surface area (Å²) in [4.78, 5) is 4.44. The van der Waals surface area contributed by atoms with E-state index in [1.165, 1.54) is 6.20 Å². The predicted octanol–water partition coefficient (Wildman–Crippen LogP) is 4.92. The summed E-state index contributed by atoms with van der Waals surface area (Å²) in [5.74, 6) is 0. The first-order valence-corrected chi connectivity index (χ1v) is 12.1. The third-order valence-corrected chi connectivity index (χ3v) is 6.14. The Labute approximate surface area is 213 Å². The first kappa shape index (κ1) is 22.2. The molecule has 3 aromatic rings. The van der Waals surface area contributed by atoms with Gasteiger partial charge in [0, 0.05) is 36.1 Å². The Bertz CT molecular complexity index is 1440. The quantitative estimate of drug-likeness (QED) is 0.378. The van der Waals surface area contributed by atoms with Crippen molar-refractivity contribution in [3.05, 3.63) is 77.2 Å². The fourth-order valence-electron chi connectivity index (χ4n) is 4.14. The van der Waals surface area contributed by atoms with E-state index in [2.05, 4.69) is 59.5 Å². The van der Waals surface area contributed by atoms with E-state index in [-0.39, 0.29) is 5.41 Å². The minimum absolute atomic E-state index is 0.0269. The molecule has 2 aromatic carbocycles. The topological polar surface area (TPSA) is 112 Å². The molecule has 0 radical (unpaired) electrons. The maximum atomic E-state index is 9.98. The Morgan fingerprint density at radius 2 is 1.92 bits per heavy atom. The van der Waals surface area contributed by atoms with Gasteiger partial charge in [0.25, 0.3) is 0 Å². The van der Waals surface area contributed by atoms with Crippen LogP contribution in [-0.4, -0.2) is 22.6 Å². The van der Waals surface area contributed by atoms with Crippen LogP contribution in [0.5, 0.6) is 0 Å². The summed E-state index contributed by atoms with van der Waals surface area (Å²) in [6.45, 7) is 6.96. The molecular formula is C28H30N8. The van der Waals surface area contributed by atoms with E-state index in [1.807, 2.05) is 47.6 Å². The van der Waals surface area contributed by atoms with Crippen LogP contribution < -0.4 is 21.6 Å². The highest BCUT2D eigenvalue weighted by atomic mass is 15.7. The fourth-order valence-corrected chi connectivity index (χ4v) is 4.14. The van der Waals surface area contributed by atoms with Gasteiger partial charge in [0.2, 0.25) is 0 Å². The SMILES string of the molecule is [2H][C@](Nc1cc(C#N)c2ncc(C#N)c(NCC(C)(C)C)c2c1)(C1=CN(C2CC2)NN1)c1ccccc1. The zero-order valence-electron chi connectivity index (χ0n) is 21.7. The minimum atomic E-state index is -1.38. The maximum absolute atomic E-state index is 9.98. The van der Waals surface area contributed by atoms with Crippen molar-refractivity contribution in [1.29, 1.82) is 10.5 Å². The Kier molecular flexibility index (Phi) is 5.80. The fraction of sp³-hybridized carbons (Fsp3) is 0.321. The third-order valence-electron chi connectivity index (χ3n) is 6.14. The number of hydrazine groups is 2. The van der Waals surface area contributed by atoms with E-state index >= 15 is 0 Å². The summed E-state index contributed by atoms with van der Waals surface area (Å²) in [6.07, 6.45) is 5.65. The summed E-state index contributed by atoms with van der Waals surface area (Å²) < 4.78 is 9.60. The number of aromatic nitrogens is 1. The van der Waals surface area contributed by atoms with Gasteiger partial charge in [0.05, 0.1) is 35.4 Å². The third kappa shape index (κ3) is 4.91. The molecule has 0 unspecified atom stereocenters. The van der Waals surface area contributed by atoms with Crippen molar-refractivity contribution in [2.45, 2.75) is 45.7 Å². The molecule has 36 heavy (non-hydrogen) atoms. The van der Waals surface area contributed by atoms with Crippen LogP contribution in [0, 0.1) is 28.1 Å². The molecule has 2 heterocycles. The molecule has 8 heteroatoms. The zero-order chi connectivity index (χ0) is 26.2. The van der Waals surface area contributed by atoms with Gasteiger partial charge < -0.3 is 16.1 Å². The lowest BCUT2D eigenvalue weighted by atomic mass is 9.96. The number of anilines is 2. The van der Waals surface area contributed by atoms with Crippen molar-refractivity contribution < 1.29 is 1.37 Å². The van der Waals surface area contributed by atoms with Crippen LogP contribution in [0.2, 0.25) is 0 Å². The van der Waals surface area contributed by atoms with Crippen LogP contribution in [0.4, 0.5) is 11.4 Å². The standard InChI is InChI=1S/C28H30N8/c1-28(2,3)17-32-26-20(14-30)15-31-25-19(13-29)11-21(12-23(25)26)33-27(18-7-5-4-6-8-18)24-16-36(35-34-24)22-9-10-22/h4-8,11-12,15-16,22,27,33-35H,9-10,17H2,1-3H3,(H,31,32)/t27-/m1/s1/i27D. The highest BCUT2D eigenvalue weighted by molar-refractivity contribution is 5.99. The highest BCUT2D eigenvalue weighted by Gasteiger charge is 2.32. The second kappa shape index (κ2) is 9.41. The average molecular weight is 480 g/mol. The van der Waals surface area contributed by atoms with E-state index in [4.69, 9.17) is 0 Å². The van der Waals surface area contributed by atoms with Crippen molar-refractivity contribution in [3.8, 4) is 12.1 Å². The van der Waals surface area contributed by atoms with Gasteiger partial charge in [-0.15, -0.1) is 5.53 Å². The van der Waals surface area contributed by atoms with Gasteiger partial charge in [0.1, 0.15) is 12.1 Å². The first-order valence-electron chi connectivity index (χ1n) is 12.6. The van der Waals surface area contributed by atoms with Gasteiger partial charge in [-0.2, -0.15) is 10.5 Å². The Morgan fingerprint density at radius 3 is 2.58 bits per heavy atom. The van der Waals surface area contributed by atoms with Gasteiger partial charge in [-0.1, -0.05) is 51.1 Å². The molecule has 1 atom stereocenters. The van der Waals surface area contributed by atoms with Crippen LogP contribution in [-0.2, 0) is 0 Å². The molecule has 1 fully saturated rings. The van der Waals surface area contributed by atoms with E-state index in [1.54, 1.807) is 6.07 Å². The average Bonchev–Trinajstić information content (AvgIpc) is 3.62. The summed E-state index contributed by atoms with van der Waals surface area (Å²) in [5, 5.41) is 29.2. The van der Waals surface area contributed by atoms with E-state index in [0.717, 1.165) is 18.4 Å². The minimum Gasteiger partial charge on any atom is -0.383 e. The zero-order valence-corrected chi connectivity index (χ0v) is 20.7. The Hall–Kier alpha value is -4.27. The number of fused-ring (bicyclic) bond motifs is 1. The van der Waals surface area contributed by atoms with Crippen molar-refractivity contribution in [2.75, 3.05) is 17.2 Å². The normalized spacial score (nSPS) is 17.3. The molecule has 1 aromatic heterocycles. The van der Waals surface area contributed by atoms with Crippen LogP contribution in [0.25, 0.3) is 10.9 Å². The largest absolute Gasteiger partial charge is 0.383 e. The van der Waals surface area contributed by atoms with Crippen molar-refractivity contribution in [3.63, 3.8) is 0 Å². The molecule has 182 valence electrons. The molecule has 1 aliphatic carbocycles. The number of rotatable bonds is 7. The summed E-state index contributed by atoms with van der Waals surface area (Å²) in [5.41, 5.74) is 10.2. The molecule has 4 N–H and O–H groups in total. The van der Waals surface area contributed by atoms with Crippen LogP contribution >= 0.6 is 0 Å². The molecule has 5 rings (SSSR count). The number of nitrogens with zero attached hydrogens (tertiary/aromatic N) is 4. The number of pyridine rings is 1. The van der Waals surface area contributed by atoms with Gasteiger partial charge >= 0.3 is 0 Å². The number of hydrogen-bond acceptors (Lipinski definition) is 8. The monoisotopic (exact) mass is 479 g/mol. The summed E-state index contributed by atoms with van der Waals surface area (Å²) in [7, 11) is 0. The number of benzene rings is 2. The second-order valence-electron chi connectivity index (χ2n) is 10.4. The predicted molar refractivity (Wildman–Crippen MR) is 141 cm³/mol. The van der Waals surface area contributed by atoms with Crippen molar-refractivity contribution in [1.82, 2.24) is 21.0 Å². The van der Waals surface area contributed by atoms with Gasteiger partial charge in [0.15, 0.2) is 0 Å². The Balaban J connectivity index is 1.62. The molecule has 2 aliphatic rings. The van der Waals surface area contributed by atoms with Gasteiger partial charge in [-0.05, 0) is 36.0 Å². The van der Waals surface area contributed by atoms with Crippen LogP contribution in [0.15, 0.2) is 60.6 Å². The second-order valence-corrected chi connectivity index (χ2v) is 10.4. The van der Waals surface area contributed by atoms with Crippen LogP contribution in [0.1, 0.15) is 57.7 Å². The molecule has 0 saturated heterocycles. The lowest BCUT2D eigenvalue weighted by Crippen LogP contribution is -2.38. The Morgan fingerprint density at radius 1 is 1.17 bits per heavy atom. The lowest BCUT2D eigenvalue weighted by molar-refractivity contribution is 0.260. The van der Waals surface area contributed by atoms with E-state index in [9.17, 15) is 11.9 Å². The molecule has 0 amide bonds. The highest BCUT2D eigenvalue weighted by Crippen LogP contribution is 2.35. The van der Waals surface area contributed by atoms with E-state index < -0.39 is 6.02 Å². The number of nitrogens with one attached hydrogen (secondary N) is 4. The smallest absolute Gasteiger partial charge is 0.103 e. The molecule has 0 bridgehead atoms. The van der Waals surface area contributed by atoms with Crippen molar-refractivity contribution in [2.24, 2.45) is 5.41 Å². The van der Waals surface area contributed by atoms with E-state index in [0.29, 0.717) is 51.7 Å². The lowest BCUT2D eigenvalue weighted by Gasteiger charge is -2.23. The summed E-state index contributed by atoms with van der Waals surface area (Å²) in [6, 6.07) is 16.6. The molecule has 8 nitrogen and oxygen atoms in total. The molecule has 1 saturated carbocycles. The molecule has 0 spiro atoms. The first-order chi connectivity index (χ1) is 17.7.